The maximum atomic E-state index is 11.0. The van der Waals surface area contributed by atoms with Crippen molar-refractivity contribution in [3.63, 3.8) is 0 Å². The number of benzene rings is 2. The molecule has 0 aliphatic heterocycles. The molecule has 1 aliphatic rings. The smallest absolute Gasteiger partial charge is 0.0934 e. The van der Waals surface area contributed by atoms with Crippen LogP contribution in [0.5, 0.6) is 0 Å². The van der Waals surface area contributed by atoms with E-state index in [9.17, 15) is 5.11 Å². The SMILES string of the molecule is CCC(O)(Cc1ccc2c(c1)CCC2)c1ccccc1. The summed E-state index contributed by atoms with van der Waals surface area (Å²) < 4.78 is 0. The maximum Gasteiger partial charge on any atom is 0.0934 e. The van der Waals surface area contributed by atoms with E-state index in [1.54, 1.807) is 0 Å². The summed E-state index contributed by atoms with van der Waals surface area (Å²) >= 11 is 0. The second kappa shape index (κ2) is 5.41. The Balaban J connectivity index is 1.88. The van der Waals surface area contributed by atoms with Gasteiger partial charge in [-0.2, -0.15) is 0 Å². The number of hydrogen-bond donors (Lipinski definition) is 1. The quantitative estimate of drug-likeness (QED) is 0.886. The molecule has 1 atom stereocenters. The van der Waals surface area contributed by atoms with Gasteiger partial charge in [0.05, 0.1) is 5.60 Å². The molecule has 0 radical (unpaired) electrons. The van der Waals surface area contributed by atoms with Gasteiger partial charge >= 0.3 is 0 Å². The van der Waals surface area contributed by atoms with Crippen molar-refractivity contribution in [3.8, 4) is 0 Å². The molecule has 1 aliphatic carbocycles. The molecule has 104 valence electrons. The lowest BCUT2D eigenvalue weighted by molar-refractivity contribution is 0.0327. The van der Waals surface area contributed by atoms with Gasteiger partial charge < -0.3 is 5.11 Å². The first-order valence-corrected chi connectivity index (χ1v) is 7.60. The van der Waals surface area contributed by atoms with Gasteiger partial charge in [0.15, 0.2) is 0 Å². The van der Waals surface area contributed by atoms with Gasteiger partial charge in [-0.25, -0.2) is 0 Å². The summed E-state index contributed by atoms with van der Waals surface area (Å²) in [5, 5.41) is 11.0. The number of aliphatic hydroxyl groups is 1. The van der Waals surface area contributed by atoms with Gasteiger partial charge in [0.1, 0.15) is 0 Å². The molecule has 1 N–H and O–H groups in total. The van der Waals surface area contributed by atoms with Gasteiger partial charge in [-0.15, -0.1) is 0 Å². The Morgan fingerprint density at radius 2 is 1.75 bits per heavy atom. The summed E-state index contributed by atoms with van der Waals surface area (Å²) in [7, 11) is 0. The minimum atomic E-state index is -0.756. The highest BCUT2D eigenvalue weighted by Gasteiger charge is 2.27. The van der Waals surface area contributed by atoms with E-state index in [4.69, 9.17) is 0 Å². The number of fused-ring (bicyclic) bond motifs is 1. The van der Waals surface area contributed by atoms with Crippen molar-refractivity contribution in [1.82, 2.24) is 0 Å². The lowest BCUT2D eigenvalue weighted by Crippen LogP contribution is -2.27. The van der Waals surface area contributed by atoms with E-state index in [0.29, 0.717) is 6.42 Å². The second-order valence-electron chi connectivity index (χ2n) is 5.88. The van der Waals surface area contributed by atoms with Crippen LogP contribution in [0.15, 0.2) is 48.5 Å². The lowest BCUT2D eigenvalue weighted by atomic mass is 9.84. The molecule has 0 fully saturated rings. The Labute approximate surface area is 121 Å². The van der Waals surface area contributed by atoms with E-state index in [1.807, 2.05) is 30.3 Å². The van der Waals surface area contributed by atoms with E-state index < -0.39 is 5.60 Å². The van der Waals surface area contributed by atoms with Crippen LogP contribution in [0, 0.1) is 0 Å². The second-order valence-corrected chi connectivity index (χ2v) is 5.88. The zero-order valence-electron chi connectivity index (χ0n) is 12.1. The Kier molecular flexibility index (Phi) is 3.62. The van der Waals surface area contributed by atoms with Crippen LogP contribution in [0.25, 0.3) is 0 Å². The Morgan fingerprint density at radius 1 is 1.00 bits per heavy atom. The van der Waals surface area contributed by atoms with Crippen molar-refractivity contribution < 1.29 is 5.11 Å². The average Bonchev–Trinajstić information content (AvgIpc) is 2.95. The van der Waals surface area contributed by atoms with Crippen molar-refractivity contribution in [2.45, 2.75) is 44.6 Å². The normalized spacial score (nSPS) is 16.7. The summed E-state index contributed by atoms with van der Waals surface area (Å²) in [5.41, 5.74) is 4.48. The van der Waals surface area contributed by atoms with Crippen LogP contribution < -0.4 is 0 Å². The van der Waals surface area contributed by atoms with Crippen molar-refractivity contribution in [2.24, 2.45) is 0 Å². The van der Waals surface area contributed by atoms with Crippen LogP contribution >= 0.6 is 0 Å². The largest absolute Gasteiger partial charge is 0.385 e. The van der Waals surface area contributed by atoms with Crippen LogP contribution in [0.4, 0.5) is 0 Å². The minimum Gasteiger partial charge on any atom is -0.385 e. The molecule has 0 amide bonds. The third-order valence-electron chi connectivity index (χ3n) is 4.56. The third-order valence-corrected chi connectivity index (χ3v) is 4.56. The van der Waals surface area contributed by atoms with Crippen LogP contribution in [0.1, 0.15) is 42.0 Å². The maximum absolute atomic E-state index is 11.0. The summed E-state index contributed by atoms with van der Waals surface area (Å²) in [6.07, 6.45) is 5.11. The highest BCUT2D eigenvalue weighted by Crippen LogP contribution is 2.31. The van der Waals surface area contributed by atoms with Crippen LogP contribution in [0.2, 0.25) is 0 Å². The van der Waals surface area contributed by atoms with Crippen LogP contribution in [0.3, 0.4) is 0 Å². The van der Waals surface area contributed by atoms with Gasteiger partial charge in [0.25, 0.3) is 0 Å². The standard InChI is InChI=1S/C19H22O/c1-2-19(20,18-9-4-3-5-10-18)14-15-11-12-16-7-6-8-17(16)13-15/h3-5,9-13,20H,2,6-8,14H2,1H3. The molecule has 0 saturated carbocycles. The molecule has 20 heavy (non-hydrogen) atoms. The summed E-state index contributed by atoms with van der Waals surface area (Å²) in [5.74, 6) is 0. The average molecular weight is 266 g/mol. The topological polar surface area (TPSA) is 20.2 Å². The number of aryl methyl sites for hydroxylation is 2. The van der Waals surface area contributed by atoms with Gasteiger partial charge in [-0.3, -0.25) is 0 Å². The molecule has 1 unspecified atom stereocenters. The Morgan fingerprint density at radius 3 is 2.50 bits per heavy atom. The fraction of sp³-hybridized carbons (Fsp3) is 0.368. The fourth-order valence-corrected chi connectivity index (χ4v) is 3.25. The van der Waals surface area contributed by atoms with E-state index in [1.165, 1.54) is 36.0 Å². The summed E-state index contributed by atoms with van der Waals surface area (Å²) in [4.78, 5) is 0. The van der Waals surface area contributed by atoms with E-state index >= 15 is 0 Å². The fourth-order valence-electron chi connectivity index (χ4n) is 3.25. The molecule has 1 nitrogen and oxygen atoms in total. The number of rotatable bonds is 4. The lowest BCUT2D eigenvalue weighted by Gasteiger charge is -2.28. The predicted octanol–water partition coefficient (Wildman–Crippen LogP) is 4.02. The molecule has 3 rings (SSSR count). The minimum absolute atomic E-state index is 0.695. The van der Waals surface area contributed by atoms with E-state index in [-0.39, 0.29) is 0 Å². The zero-order chi connectivity index (χ0) is 14.0. The van der Waals surface area contributed by atoms with Crippen molar-refractivity contribution in [2.75, 3.05) is 0 Å². The first-order chi connectivity index (χ1) is 9.71. The molecule has 0 bridgehead atoms. The van der Waals surface area contributed by atoms with Gasteiger partial charge in [0, 0.05) is 6.42 Å². The molecule has 2 aromatic rings. The van der Waals surface area contributed by atoms with Crippen LogP contribution in [-0.2, 0) is 24.9 Å². The molecule has 0 heterocycles. The van der Waals surface area contributed by atoms with E-state index in [2.05, 4.69) is 25.1 Å². The number of hydrogen-bond acceptors (Lipinski definition) is 1. The van der Waals surface area contributed by atoms with E-state index in [0.717, 1.165) is 12.0 Å². The first-order valence-electron chi connectivity index (χ1n) is 7.60. The molecule has 0 saturated heterocycles. The van der Waals surface area contributed by atoms with Gasteiger partial charge in [0.2, 0.25) is 0 Å². The van der Waals surface area contributed by atoms with Crippen molar-refractivity contribution in [3.05, 3.63) is 70.8 Å². The van der Waals surface area contributed by atoms with Crippen molar-refractivity contribution in [1.29, 1.82) is 0 Å². The zero-order valence-corrected chi connectivity index (χ0v) is 12.1. The highest BCUT2D eigenvalue weighted by atomic mass is 16.3. The van der Waals surface area contributed by atoms with Gasteiger partial charge in [-0.05, 0) is 47.9 Å². The third kappa shape index (κ3) is 2.51. The first kappa shape index (κ1) is 13.4. The van der Waals surface area contributed by atoms with Crippen molar-refractivity contribution >= 4 is 0 Å². The molecular formula is C19H22O. The predicted molar refractivity (Wildman–Crippen MR) is 82.8 cm³/mol. The molecule has 0 aromatic heterocycles. The molecular weight excluding hydrogens is 244 g/mol. The Bertz CT molecular complexity index is 588. The molecule has 1 heteroatoms. The monoisotopic (exact) mass is 266 g/mol. The molecule has 0 spiro atoms. The van der Waals surface area contributed by atoms with Crippen LogP contribution in [-0.4, -0.2) is 5.11 Å². The summed E-state index contributed by atoms with van der Waals surface area (Å²) in [6.45, 7) is 2.06. The molecule has 2 aromatic carbocycles. The van der Waals surface area contributed by atoms with Gasteiger partial charge in [-0.1, -0.05) is 55.5 Å². The highest BCUT2D eigenvalue weighted by molar-refractivity contribution is 5.37. The summed E-state index contributed by atoms with van der Waals surface area (Å²) in [6, 6.07) is 16.8. The Hall–Kier alpha value is -1.60.